The summed E-state index contributed by atoms with van der Waals surface area (Å²) in [6.45, 7) is 8.32. The van der Waals surface area contributed by atoms with Crippen LogP contribution in [0.5, 0.6) is 11.5 Å². The molecular weight excluding hydrogens is 480 g/mol. The quantitative estimate of drug-likeness (QED) is 0.585. The predicted octanol–water partition coefficient (Wildman–Crippen LogP) is 3.50. The lowest BCUT2D eigenvalue weighted by atomic mass is 10.2. The predicted molar refractivity (Wildman–Crippen MR) is 120 cm³/mol. The molecule has 1 aromatic rings. The normalized spacial score (nSPS) is 24.2. The second kappa shape index (κ2) is 8.85. The van der Waals surface area contributed by atoms with E-state index in [2.05, 4.69) is 20.9 Å². The van der Waals surface area contributed by atoms with Gasteiger partial charge >= 0.3 is 0 Å². The lowest BCUT2D eigenvalue weighted by Crippen LogP contribution is -2.38. The smallest absolute Gasteiger partial charge is 0.250 e. The molecule has 1 aromatic carbocycles. The Kier molecular flexibility index (Phi) is 6.84. The SMILES string of the molecule is CCOc1cc(Br)c(N2C(=NC(=O)C(C)C)S[C@@H]3CS(=O)(=O)C[C@@H]32)cc1OCC. The second-order valence-electron chi connectivity index (χ2n) is 7.17. The first-order valence-electron chi connectivity index (χ1n) is 9.54. The molecule has 2 aliphatic rings. The van der Waals surface area contributed by atoms with Crippen LogP contribution in [0, 0.1) is 5.92 Å². The molecule has 3 rings (SSSR count). The van der Waals surface area contributed by atoms with E-state index >= 15 is 0 Å². The van der Waals surface area contributed by atoms with E-state index in [1.165, 1.54) is 11.8 Å². The summed E-state index contributed by atoms with van der Waals surface area (Å²) in [5.74, 6) is 0.814. The molecule has 0 N–H and O–H groups in total. The first-order valence-corrected chi connectivity index (χ1v) is 13.0. The molecule has 2 saturated heterocycles. The Morgan fingerprint density at radius 1 is 1.24 bits per heavy atom. The molecule has 160 valence electrons. The summed E-state index contributed by atoms with van der Waals surface area (Å²) in [7, 11) is -3.14. The highest BCUT2D eigenvalue weighted by Gasteiger charge is 2.50. The first-order chi connectivity index (χ1) is 13.7. The first kappa shape index (κ1) is 22.4. The number of amides is 1. The van der Waals surface area contributed by atoms with Gasteiger partial charge in [0.1, 0.15) is 0 Å². The summed E-state index contributed by atoms with van der Waals surface area (Å²) < 4.78 is 36.6. The number of ether oxygens (including phenoxy) is 2. The molecule has 0 bridgehead atoms. The summed E-state index contributed by atoms with van der Waals surface area (Å²) in [4.78, 5) is 18.5. The summed E-state index contributed by atoms with van der Waals surface area (Å²) in [5.41, 5.74) is 0.712. The number of nitrogens with zero attached hydrogens (tertiary/aromatic N) is 2. The van der Waals surface area contributed by atoms with Crippen molar-refractivity contribution in [2.45, 2.75) is 39.0 Å². The van der Waals surface area contributed by atoms with Crippen LogP contribution >= 0.6 is 27.7 Å². The largest absolute Gasteiger partial charge is 0.490 e. The number of fused-ring (bicyclic) bond motifs is 1. The van der Waals surface area contributed by atoms with Crippen molar-refractivity contribution in [3.8, 4) is 11.5 Å². The van der Waals surface area contributed by atoms with Gasteiger partial charge in [-0.3, -0.25) is 4.79 Å². The molecule has 10 heteroatoms. The number of halogens is 1. The van der Waals surface area contributed by atoms with Gasteiger partial charge in [-0.15, -0.1) is 0 Å². The van der Waals surface area contributed by atoms with Crippen molar-refractivity contribution < 1.29 is 22.7 Å². The van der Waals surface area contributed by atoms with E-state index in [0.717, 1.165) is 4.47 Å². The maximum atomic E-state index is 12.3. The molecular formula is C19H25BrN2O5S2. The number of carbonyl (C=O) groups excluding carboxylic acids is 1. The van der Waals surface area contributed by atoms with Crippen LogP contribution in [0.3, 0.4) is 0 Å². The Bertz CT molecular complexity index is 933. The molecule has 0 aliphatic carbocycles. The highest BCUT2D eigenvalue weighted by atomic mass is 79.9. The maximum absolute atomic E-state index is 12.3. The molecule has 7 nitrogen and oxygen atoms in total. The number of hydrogen-bond acceptors (Lipinski definition) is 6. The molecule has 0 aromatic heterocycles. The molecule has 0 radical (unpaired) electrons. The number of aliphatic imine (C=N–C) groups is 1. The summed E-state index contributed by atoms with van der Waals surface area (Å²) in [6.07, 6.45) is 0. The summed E-state index contributed by atoms with van der Waals surface area (Å²) in [6, 6.07) is 3.35. The van der Waals surface area contributed by atoms with Gasteiger partial charge in [0.25, 0.3) is 5.91 Å². The van der Waals surface area contributed by atoms with Crippen molar-refractivity contribution in [3.05, 3.63) is 16.6 Å². The topological polar surface area (TPSA) is 85.3 Å². The number of sulfone groups is 1. The average Bonchev–Trinajstić information content (AvgIpc) is 3.08. The Hall–Kier alpha value is -1.26. The van der Waals surface area contributed by atoms with Crippen molar-refractivity contribution in [1.82, 2.24) is 0 Å². The fraction of sp³-hybridized carbons (Fsp3) is 0.579. The Morgan fingerprint density at radius 2 is 1.86 bits per heavy atom. The summed E-state index contributed by atoms with van der Waals surface area (Å²) in [5, 5.41) is 0.369. The van der Waals surface area contributed by atoms with Gasteiger partial charge < -0.3 is 14.4 Å². The van der Waals surface area contributed by atoms with Gasteiger partial charge in [-0.1, -0.05) is 25.6 Å². The van der Waals surface area contributed by atoms with Gasteiger partial charge in [0.05, 0.1) is 36.4 Å². The number of anilines is 1. The van der Waals surface area contributed by atoms with E-state index in [1.54, 1.807) is 13.8 Å². The number of amidine groups is 1. The van der Waals surface area contributed by atoms with E-state index in [4.69, 9.17) is 9.47 Å². The highest BCUT2D eigenvalue weighted by Crippen LogP contribution is 2.46. The van der Waals surface area contributed by atoms with Gasteiger partial charge in [-0.2, -0.15) is 4.99 Å². The maximum Gasteiger partial charge on any atom is 0.250 e. The third kappa shape index (κ3) is 4.74. The van der Waals surface area contributed by atoms with E-state index in [9.17, 15) is 13.2 Å². The molecule has 2 heterocycles. The Labute approximate surface area is 184 Å². The lowest BCUT2D eigenvalue weighted by molar-refractivity contribution is -0.120. The third-order valence-corrected chi connectivity index (χ3v) is 8.48. The minimum Gasteiger partial charge on any atom is -0.490 e. The van der Waals surface area contributed by atoms with E-state index in [0.29, 0.717) is 35.6 Å². The van der Waals surface area contributed by atoms with Crippen LogP contribution in [0.2, 0.25) is 0 Å². The number of rotatable bonds is 6. The van der Waals surface area contributed by atoms with E-state index < -0.39 is 9.84 Å². The zero-order valence-corrected chi connectivity index (χ0v) is 20.1. The van der Waals surface area contributed by atoms with Gasteiger partial charge in [-0.05, 0) is 29.8 Å². The molecule has 0 unspecified atom stereocenters. The number of benzene rings is 1. The number of thioether (sulfide) groups is 1. The molecule has 0 saturated carbocycles. The molecule has 2 atom stereocenters. The van der Waals surface area contributed by atoms with Gasteiger partial charge in [0, 0.05) is 27.8 Å². The Balaban J connectivity index is 2.10. The van der Waals surface area contributed by atoms with Crippen molar-refractivity contribution in [2.24, 2.45) is 10.9 Å². The monoisotopic (exact) mass is 504 g/mol. The third-order valence-electron chi connectivity index (χ3n) is 4.64. The molecule has 0 spiro atoms. The van der Waals surface area contributed by atoms with Crippen LogP contribution < -0.4 is 14.4 Å². The van der Waals surface area contributed by atoms with Gasteiger partial charge in [0.2, 0.25) is 0 Å². The van der Waals surface area contributed by atoms with E-state index in [1.807, 2.05) is 30.9 Å². The molecule has 2 fully saturated rings. The summed E-state index contributed by atoms with van der Waals surface area (Å²) >= 11 is 4.94. The fourth-order valence-corrected chi connectivity index (χ4v) is 7.74. The zero-order chi connectivity index (χ0) is 21.3. The van der Waals surface area contributed by atoms with Crippen LogP contribution in [-0.4, -0.2) is 55.5 Å². The second-order valence-corrected chi connectivity index (χ2v) is 11.4. The molecule has 29 heavy (non-hydrogen) atoms. The van der Waals surface area contributed by atoms with Crippen LogP contribution in [0.15, 0.2) is 21.6 Å². The minimum absolute atomic E-state index is 0.0309. The minimum atomic E-state index is -3.14. The van der Waals surface area contributed by atoms with Crippen LogP contribution in [0.25, 0.3) is 0 Å². The highest BCUT2D eigenvalue weighted by molar-refractivity contribution is 9.10. The van der Waals surface area contributed by atoms with Crippen LogP contribution in [0.4, 0.5) is 5.69 Å². The lowest BCUT2D eigenvalue weighted by Gasteiger charge is -2.27. The van der Waals surface area contributed by atoms with Crippen LogP contribution in [-0.2, 0) is 14.6 Å². The van der Waals surface area contributed by atoms with Crippen molar-refractivity contribution in [3.63, 3.8) is 0 Å². The van der Waals surface area contributed by atoms with Crippen molar-refractivity contribution in [1.29, 1.82) is 0 Å². The van der Waals surface area contributed by atoms with Gasteiger partial charge in [0.15, 0.2) is 26.5 Å². The number of hydrogen-bond donors (Lipinski definition) is 0. The standard InChI is InChI=1S/C19H25BrN2O5S2/c1-5-26-15-7-12(20)13(8-16(15)27-6-2)22-14-9-29(24,25)10-17(14)28-19(22)21-18(23)11(3)4/h7-8,11,14,17H,5-6,9-10H2,1-4H3/t14-,17+/m0/s1. The van der Waals surface area contributed by atoms with Gasteiger partial charge in [-0.25, -0.2) is 8.42 Å². The fourth-order valence-electron chi connectivity index (χ4n) is 3.32. The van der Waals surface area contributed by atoms with E-state index in [-0.39, 0.29) is 34.6 Å². The van der Waals surface area contributed by atoms with Crippen molar-refractivity contribution in [2.75, 3.05) is 29.6 Å². The van der Waals surface area contributed by atoms with Crippen LogP contribution in [0.1, 0.15) is 27.7 Å². The van der Waals surface area contributed by atoms with Crippen molar-refractivity contribution >= 4 is 54.3 Å². The molecule has 2 aliphatic heterocycles. The molecule has 1 amide bonds. The Morgan fingerprint density at radius 3 is 2.45 bits per heavy atom. The average molecular weight is 505 g/mol. The number of carbonyl (C=O) groups is 1. The zero-order valence-electron chi connectivity index (χ0n) is 16.8.